The molecule has 8 heteroatoms. The highest BCUT2D eigenvalue weighted by molar-refractivity contribution is 6.31. The molecule has 1 saturated heterocycles. The molecule has 0 bridgehead atoms. The molecule has 1 heterocycles. The monoisotopic (exact) mass is 415 g/mol. The third-order valence-electron chi connectivity index (χ3n) is 4.65. The van der Waals surface area contributed by atoms with Crippen molar-refractivity contribution in [2.24, 2.45) is 0 Å². The van der Waals surface area contributed by atoms with Gasteiger partial charge in [0.15, 0.2) is 0 Å². The minimum absolute atomic E-state index is 0.0115. The van der Waals surface area contributed by atoms with Crippen LogP contribution in [0.15, 0.2) is 84.4 Å². The summed E-state index contributed by atoms with van der Waals surface area (Å²) in [5.74, 6) is -1.17. The van der Waals surface area contributed by atoms with Gasteiger partial charge in [-0.25, -0.2) is 5.01 Å². The van der Waals surface area contributed by atoms with Crippen LogP contribution >= 0.6 is 0 Å². The first-order chi connectivity index (χ1) is 15.0. The molecule has 8 nitrogen and oxygen atoms in total. The number of nitrogens with one attached hydrogen (secondary N) is 1. The van der Waals surface area contributed by atoms with Gasteiger partial charge in [-0.1, -0.05) is 60.7 Å². The molecule has 0 aliphatic carbocycles. The number of hydrogen-bond acceptors (Lipinski definition) is 5. The number of nitro benzene ring substituents is 1. The topological polar surface area (TPSA) is 102 Å². The van der Waals surface area contributed by atoms with Crippen LogP contribution in [-0.4, -0.2) is 16.7 Å². The fraction of sp³-hybridized carbons (Fsp3) is 0.0435. The van der Waals surface area contributed by atoms with Crippen LogP contribution in [0.2, 0.25) is 0 Å². The normalized spacial score (nSPS) is 14.6. The van der Waals surface area contributed by atoms with Gasteiger partial charge in [0.25, 0.3) is 11.8 Å². The number of rotatable bonds is 6. The van der Waals surface area contributed by atoms with E-state index in [0.29, 0.717) is 5.69 Å². The standard InChI is InChI=1S/C23H17N3O5/c27-22-19(23(28)25(24-22)18-11-5-2-6-12-18)14-17-10-7-13-20(26(29)30)21(17)31-15-16-8-3-1-4-9-16/h1-14H,15H2,(H,24,27)/b19-14-. The van der Waals surface area contributed by atoms with Crippen LogP contribution in [-0.2, 0) is 16.2 Å². The molecule has 31 heavy (non-hydrogen) atoms. The van der Waals surface area contributed by atoms with Gasteiger partial charge in [0.1, 0.15) is 12.2 Å². The lowest BCUT2D eigenvalue weighted by Crippen LogP contribution is -2.35. The highest BCUT2D eigenvalue weighted by Gasteiger charge is 2.35. The Morgan fingerprint density at radius 1 is 0.935 bits per heavy atom. The largest absolute Gasteiger partial charge is 0.482 e. The SMILES string of the molecule is O=C1NN(c2ccccc2)C(=O)/C1=C\c1cccc([N+](=O)[O-])c1OCc1ccccc1. The first-order valence-electron chi connectivity index (χ1n) is 9.41. The Labute approximate surface area is 177 Å². The number of para-hydroxylation sites is 2. The zero-order chi connectivity index (χ0) is 21.8. The van der Waals surface area contributed by atoms with E-state index in [-0.39, 0.29) is 29.2 Å². The van der Waals surface area contributed by atoms with Crippen LogP contribution in [0.5, 0.6) is 5.75 Å². The van der Waals surface area contributed by atoms with Crippen molar-refractivity contribution in [3.8, 4) is 5.75 Å². The Bertz CT molecular complexity index is 1180. The predicted molar refractivity (Wildman–Crippen MR) is 114 cm³/mol. The minimum atomic E-state index is -0.602. The molecule has 3 aromatic carbocycles. The van der Waals surface area contributed by atoms with Crippen LogP contribution in [0, 0.1) is 10.1 Å². The van der Waals surface area contributed by atoms with Gasteiger partial charge in [0.05, 0.1) is 10.6 Å². The number of nitro groups is 1. The van der Waals surface area contributed by atoms with Crippen molar-refractivity contribution in [2.75, 3.05) is 5.01 Å². The van der Waals surface area contributed by atoms with Gasteiger partial charge in [-0.2, -0.15) is 0 Å². The van der Waals surface area contributed by atoms with Crippen LogP contribution in [0.1, 0.15) is 11.1 Å². The zero-order valence-corrected chi connectivity index (χ0v) is 16.2. The van der Waals surface area contributed by atoms with Gasteiger partial charge in [0, 0.05) is 11.6 Å². The van der Waals surface area contributed by atoms with Crippen molar-refractivity contribution in [1.29, 1.82) is 0 Å². The van der Waals surface area contributed by atoms with E-state index >= 15 is 0 Å². The average molecular weight is 415 g/mol. The lowest BCUT2D eigenvalue weighted by atomic mass is 10.1. The summed E-state index contributed by atoms with van der Waals surface area (Å²) in [5, 5.41) is 12.7. The first-order valence-corrected chi connectivity index (χ1v) is 9.41. The van der Waals surface area contributed by atoms with Gasteiger partial charge in [-0.05, 0) is 23.8 Å². The summed E-state index contributed by atoms with van der Waals surface area (Å²) in [6.07, 6.45) is 1.31. The molecule has 154 valence electrons. The van der Waals surface area contributed by atoms with Crippen LogP contribution < -0.4 is 15.2 Å². The molecule has 0 aromatic heterocycles. The molecule has 1 N–H and O–H groups in total. The molecule has 1 aliphatic heterocycles. The van der Waals surface area contributed by atoms with E-state index in [2.05, 4.69) is 5.43 Å². The maximum absolute atomic E-state index is 12.8. The Morgan fingerprint density at radius 2 is 1.61 bits per heavy atom. The Kier molecular flexibility index (Phi) is 5.44. The van der Waals surface area contributed by atoms with Crippen LogP contribution in [0.25, 0.3) is 6.08 Å². The summed E-state index contributed by atoms with van der Waals surface area (Å²) in [7, 11) is 0. The van der Waals surface area contributed by atoms with Crippen molar-refractivity contribution in [1.82, 2.24) is 5.43 Å². The fourth-order valence-corrected chi connectivity index (χ4v) is 3.16. The molecule has 4 rings (SSSR count). The van der Waals surface area contributed by atoms with Crippen LogP contribution in [0.4, 0.5) is 11.4 Å². The van der Waals surface area contributed by atoms with E-state index in [4.69, 9.17) is 4.74 Å². The number of ether oxygens (including phenoxy) is 1. The van der Waals surface area contributed by atoms with Gasteiger partial charge in [-0.3, -0.25) is 25.1 Å². The Balaban J connectivity index is 1.69. The summed E-state index contributed by atoms with van der Waals surface area (Å²) >= 11 is 0. The van der Waals surface area contributed by atoms with Gasteiger partial charge >= 0.3 is 5.69 Å². The number of hydrazine groups is 1. The number of benzene rings is 3. The number of carbonyl (C=O) groups excluding carboxylic acids is 2. The average Bonchev–Trinajstić information content (AvgIpc) is 3.07. The molecule has 0 radical (unpaired) electrons. The summed E-state index contributed by atoms with van der Waals surface area (Å²) in [6.45, 7) is 0.0954. The van der Waals surface area contributed by atoms with Crippen LogP contribution in [0.3, 0.4) is 0 Å². The second-order valence-electron chi connectivity index (χ2n) is 6.70. The molecule has 0 unspecified atom stereocenters. The quantitative estimate of drug-likeness (QED) is 0.287. The lowest BCUT2D eigenvalue weighted by Gasteiger charge is -2.14. The van der Waals surface area contributed by atoms with E-state index in [1.165, 1.54) is 18.2 Å². The Morgan fingerprint density at radius 3 is 2.29 bits per heavy atom. The molecular weight excluding hydrogens is 398 g/mol. The highest BCUT2D eigenvalue weighted by atomic mass is 16.6. The predicted octanol–water partition coefficient (Wildman–Crippen LogP) is 3.64. The van der Waals surface area contributed by atoms with E-state index < -0.39 is 16.7 Å². The van der Waals surface area contributed by atoms with Gasteiger partial charge < -0.3 is 4.74 Å². The summed E-state index contributed by atoms with van der Waals surface area (Å²) < 4.78 is 5.77. The highest BCUT2D eigenvalue weighted by Crippen LogP contribution is 2.34. The number of carbonyl (C=O) groups is 2. The second kappa shape index (κ2) is 8.50. The molecule has 3 aromatic rings. The smallest absolute Gasteiger partial charge is 0.311 e. The third-order valence-corrected chi connectivity index (χ3v) is 4.65. The number of anilines is 1. The molecule has 1 fully saturated rings. The molecule has 0 atom stereocenters. The van der Waals surface area contributed by atoms with Gasteiger partial charge in [-0.15, -0.1) is 0 Å². The van der Waals surface area contributed by atoms with E-state index in [9.17, 15) is 19.7 Å². The molecule has 0 saturated carbocycles. The summed E-state index contributed by atoms with van der Waals surface area (Å²) in [4.78, 5) is 36.3. The van der Waals surface area contributed by atoms with Crippen molar-refractivity contribution in [2.45, 2.75) is 6.61 Å². The van der Waals surface area contributed by atoms with E-state index in [1.54, 1.807) is 36.4 Å². The third kappa shape index (κ3) is 4.13. The first kappa shape index (κ1) is 19.8. The van der Waals surface area contributed by atoms with E-state index in [1.807, 2.05) is 30.3 Å². The second-order valence-corrected chi connectivity index (χ2v) is 6.70. The lowest BCUT2D eigenvalue weighted by molar-refractivity contribution is -0.386. The number of nitrogens with zero attached hydrogens (tertiary/aromatic N) is 2. The molecule has 0 spiro atoms. The summed E-state index contributed by atoms with van der Waals surface area (Å²) in [5.41, 5.74) is 3.70. The minimum Gasteiger partial charge on any atom is -0.482 e. The molecule has 2 amide bonds. The van der Waals surface area contributed by atoms with Crippen molar-refractivity contribution in [3.05, 3.63) is 106 Å². The summed E-state index contributed by atoms with van der Waals surface area (Å²) in [6, 6.07) is 22.2. The molecular formula is C23H17N3O5. The maximum Gasteiger partial charge on any atom is 0.311 e. The van der Waals surface area contributed by atoms with Crippen molar-refractivity contribution < 1.29 is 19.2 Å². The van der Waals surface area contributed by atoms with Gasteiger partial charge in [0.2, 0.25) is 5.75 Å². The number of hydrogen-bond donors (Lipinski definition) is 1. The molecule has 1 aliphatic rings. The number of amides is 2. The Hall–Kier alpha value is -4.46. The fourth-order valence-electron chi connectivity index (χ4n) is 3.16. The van der Waals surface area contributed by atoms with Crippen molar-refractivity contribution >= 4 is 29.3 Å². The van der Waals surface area contributed by atoms with E-state index in [0.717, 1.165) is 10.6 Å². The zero-order valence-electron chi connectivity index (χ0n) is 16.2. The maximum atomic E-state index is 12.8. The van der Waals surface area contributed by atoms with Crippen molar-refractivity contribution in [3.63, 3.8) is 0 Å².